The lowest BCUT2D eigenvalue weighted by Crippen LogP contribution is -2.54. The Morgan fingerprint density at radius 3 is 2.73 bits per heavy atom. The maximum Gasteiger partial charge on any atom is 0.193 e. The number of morpholine rings is 1. The van der Waals surface area contributed by atoms with Gasteiger partial charge in [0.25, 0.3) is 0 Å². The normalized spacial score (nSPS) is 24.8. The molecule has 5 nitrogen and oxygen atoms in total. The van der Waals surface area contributed by atoms with E-state index >= 15 is 0 Å². The Balaban J connectivity index is 1.61. The molecule has 2 saturated heterocycles. The molecule has 26 heavy (non-hydrogen) atoms. The predicted octanol–water partition coefficient (Wildman–Crippen LogP) is 3.18. The number of ether oxygens (including phenoxy) is 2. The zero-order valence-electron chi connectivity index (χ0n) is 16.0. The van der Waals surface area contributed by atoms with Crippen molar-refractivity contribution in [3.63, 3.8) is 0 Å². The van der Waals surface area contributed by atoms with Gasteiger partial charge in [0.15, 0.2) is 5.96 Å². The molecule has 144 valence electrons. The summed E-state index contributed by atoms with van der Waals surface area (Å²) in [6, 6.07) is 8.41. The van der Waals surface area contributed by atoms with Crippen molar-refractivity contribution in [3.8, 4) is 0 Å². The summed E-state index contributed by atoms with van der Waals surface area (Å²) in [7, 11) is 1.85. The van der Waals surface area contributed by atoms with E-state index in [2.05, 4.69) is 69.3 Å². The van der Waals surface area contributed by atoms with E-state index in [0.29, 0.717) is 0 Å². The SMILES string of the molecule is CN=C(NCC(C)(C)c1ccccc1Br)N1CCOC(C2CCCO2)C1. The first-order valence-electron chi connectivity index (χ1n) is 9.45. The van der Waals surface area contributed by atoms with Crippen LogP contribution in [-0.4, -0.2) is 63.0 Å². The smallest absolute Gasteiger partial charge is 0.193 e. The highest BCUT2D eigenvalue weighted by Gasteiger charge is 2.32. The quantitative estimate of drug-likeness (QED) is 0.596. The van der Waals surface area contributed by atoms with E-state index in [9.17, 15) is 0 Å². The fourth-order valence-corrected chi connectivity index (χ4v) is 4.55. The minimum Gasteiger partial charge on any atom is -0.375 e. The van der Waals surface area contributed by atoms with Crippen molar-refractivity contribution < 1.29 is 9.47 Å². The molecule has 0 amide bonds. The minimum atomic E-state index is -0.0176. The molecule has 1 aromatic carbocycles. The van der Waals surface area contributed by atoms with Crippen molar-refractivity contribution in [1.82, 2.24) is 10.2 Å². The number of nitrogens with one attached hydrogen (secondary N) is 1. The maximum atomic E-state index is 5.96. The van der Waals surface area contributed by atoms with E-state index in [1.165, 1.54) is 5.56 Å². The van der Waals surface area contributed by atoms with Crippen LogP contribution in [0, 0.1) is 0 Å². The van der Waals surface area contributed by atoms with Crippen molar-refractivity contribution in [2.45, 2.75) is 44.3 Å². The van der Waals surface area contributed by atoms with Gasteiger partial charge in [0.2, 0.25) is 0 Å². The average molecular weight is 424 g/mol. The van der Waals surface area contributed by atoms with E-state index in [-0.39, 0.29) is 17.6 Å². The molecule has 6 heteroatoms. The average Bonchev–Trinajstić information content (AvgIpc) is 3.17. The summed E-state index contributed by atoms with van der Waals surface area (Å²) in [6.07, 6.45) is 2.60. The van der Waals surface area contributed by atoms with Crippen LogP contribution in [0.3, 0.4) is 0 Å². The van der Waals surface area contributed by atoms with Crippen LogP contribution in [0.25, 0.3) is 0 Å². The number of hydrogen-bond donors (Lipinski definition) is 1. The lowest BCUT2D eigenvalue weighted by atomic mass is 9.84. The van der Waals surface area contributed by atoms with E-state index in [1.807, 2.05) is 7.05 Å². The van der Waals surface area contributed by atoms with E-state index in [1.54, 1.807) is 0 Å². The van der Waals surface area contributed by atoms with Crippen LogP contribution in [0.2, 0.25) is 0 Å². The molecule has 1 N–H and O–H groups in total. The van der Waals surface area contributed by atoms with Gasteiger partial charge < -0.3 is 19.7 Å². The number of halogens is 1. The van der Waals surface area contributed by atoms with E-state index in [0.717, 1.165) is 56.1 Å². The lowest BCUT2D eigenvalue weighted by Gasteiger charge is -2.38. The molecule has 2 aliphatic rings. The highest BCUT2D eigenvalue weighted by molar-refractivity contribution is 9.10. The van der Waals surface area contributed by atoms with Crippen LogP contribution >= 0.6 is 15.9 Å². The predicted molar refractivity (Wildman–Crippen MR) is 109 cm³/mol. The number of benzene rings is 1. The summed E-state index contributed by atoms with van der Waals surface area (Å²) in [5.74, 6) is 0.941. The molecule has 0 spiro atoms. The Bertz CT molecular complexity index is 629. The highest BCUT2D eigenvalue weighted by atomic mass is 79.9. The van der Waals surface area contributed by atoms with Crippen LogP contribution < -0.4 is 5.32 Å². The summed E-state index contributed by atoms with van der Waals surface area (Å²) in [5, 5.41) is 3.57. The van der Waals surface area contributed by atoms with Crippen molar-refractivity contribution >= 4 is 21.9 Å². The van der Waals surface area contributed by atoms with Gasteiger partial charge in [-0.05, 0) is 24.5 Å². The van der Waals surface area contributed by atoms with Gasteiger partial charge in [0, 0.05) is 43.2 Å². The third-order valence-electron chi connectivity index (χ3n) is 5.28. The lowest BCUT2D eigenvalue weighted by molar-refractivity contribution is -0.0817. The molecule has 2 atom stereocenters. The van der Waals surface area contributed by atoms with E-state index < -0.39 is 0 Å². The first-order valence-corrected chi connectivity index (χ1v) is 10.2. The number of rotatable bonds is 4. The summed E-state index contributed by atoms with van der Waals surface area (Å²) < 4.78 is 12.9. The summed E-state index contributed by atoms with van der Waals surface area (Å²) in [5.41, 5.74) is 1.28. The zero-order chi connectivity index (χ0) is 18.6. The molecule has 3 rings (SSSR count). The van der Waals surface area contributed by atoms with Gasteiger partial charge in [-0.1, -0.05) is 48.0 Å². The molecule has 0 aliphatic carbocycles. The number of nitrogens with zero attached hydrogens (tertiary/aromatic N) is 2. The van der Waals surface area contributed by atoms with Crippen LogP contribution in [0.5, 0.6) is 0 Å². The second kappa shape index (κ2) is 8.72. The zero-order valence-corrected chi connectivity index (χ0v) is 17.6. The first kappa shape index (κ1) is 19.6. The van der Waals surface area contributed by atoms with Crippen molar-refractivity contribution in [2.75, 3.05) is 39.9 Å². The van der Waals surface area contributed by atoms with E-state index in [4.69, 9.17) is 9.47 Å². The Morgan fingerprint density at radius 1 is 1.27 bits per heavy atom. The number of aliphatic imine (C=N–C) groups is 1. The highest BCUT2D eigenvalue weighted by Crippen LogP contribution is 2.29. The molecule has 0 radical (unpaired) electrons. The first-order chi connectivity index (χ1) is 12.5. The van der Waals surface area contributed by atoms with Gasteiger partial charge >= 0.3 is 0 Å². The summed E-state index contributed by atoms with van der Waals surface area (Å²) >= 11 is 3.68. The van der Waals surface area contributed by atoms with Gasteiger partial charge in [-0.15, -0.1) is 0 Å². The Hall–Kier alpha value is -1.11. The topological polar surface area (TPSA) is 46.1 Å². The van der Waals surface area contributed by atoms with Crippen LogP contribution in [0.15, 0.2) is 33.7 Å². The van der Waals surface area contributed by atoms with Crippen LogP contribution in [0.4, 0.5) is 0 Å². The Morgan fingerprint density at radius 2 is 2.04 bits per heavy atom. The monoisotopic (exact) mass is 423 g/mol. The summed E-state index contributed by atoms with van der Waals surface area (Å²) in [6.45, 7) is 8.59. The standard InChI is InChI=1S/C20H30BrN3O2/c1-20(2,15-7-4-5-8-16(15)21)14-23-19(22-3)24-10-12-26-18(13-24)17-9-6-11-25-17/h4-5,7-8,17-18H,6,9-14H2,1-3H3,(H,22,23). The van der Waals surface area contributed by atoms with Crippen molar-refractivity contribution in [3.05, 3.63) is 34.3 Å². The molecular formula is C20H30BrN3O2. The fourth-order valence-electron chi connectivity index (χ4n) is 3.73. The van der Waals surface area contributed by atoms with Crippen LogP contribution in [0.1, 0.15) is 32.3 Å². The summed E-state index contributed by atoms with van der Waals surface area (Å²) in [4.78, 5) is 6.81. The van der Waals surface area contributed by atoms with Gasteiger partial charge in [-0.2, -0.15) is 0 Å². The molecule has 2 aliphatic heterocycles. The second-order valence-corrected chi connectivity index (χ2v) is 8.53. The van der Waals surface area contributed by atoms with Crippen molar-refractivity contribution in [2.24, 2.45) is 4.99 Å². The molecule has 0 saturated carbocycles. The van der Waals surface area contributed by atoms with Crippen molar-refractivity contribution in [1.29, 1.82) is 0 Å². The Kier molecular flexibility index (Phi) is 6.59. The maximum absolute atomic E-state index is 5.96. The second-order valence-electron chi connectivity index (χ2n) is 7.67. The molecule has 2 heterocycles. The molecule has 0 bridgehead atoms. The Labute approximate surface area is 165 Å². The van der Waals surface area contributed by atoms with Gasteiger partial charge in [0.1, 0.15) is 6.10 Å². The number of hydrogen-bond acceptors (Lipinski definition) is 3. The third-order valence-corrected chi connectivity index (χ3v) is 5.97. The van der Waals surface area contributed by atoms with Gasteiger partial charge in [0.05, 0.1) is 12.7 Å². The third kappa shape index (κ3) is 4.59. The largest absolute Gasteiger partial charge is 0.375 e. The van der Waals surface area contributed by atoms with Gasteiger partial charge in [-0.3, -0.25) is 4.99 Å². The van der Waals surface area contributed by atoms with Crippen LogP contribution in [-0.2, 0) is 14.9 Å². The number of guanidine groups is 1. The molecule has 0 aromatic heterocycles. The molecular weight excluding hydrogens is 394 g/mol. The molecule has 1 aromatic rings. The molecule has 2 unspecified atom stereocenters. The molecule has 2 fully saturated rings. The van der Waals surface area contributed by atoms with Gasteiger partial charge in [-0.25, -0.2) is 0 Å². The minimum absolute atomic E-state index is 0.0176. The fraction of sp³-hybridized carbons (Fsp3) is 0.650.